The van der Waals surface area contributed by atoms with Crippen molar-refractivity contribution in [2.45, 2.75) is 13.0 Å². The highest BCUT2D eigenvalue weighted by Crippen LogP contribution is 2.35. The predicted molar refractivity (Wildman–Crippen MR) is 107 cm³/mol. The van der Waals surface area contributed by atoms with E-state index in [-0.39, 0.29) is 11.8 Å². The lowest BCUT2D eigenvalue weighted by atomic mass is 10.1. The third-order valence-electron chi connectivity index (χ3n) is 4.28. The Morgan fingerprint density at radius 1 is 1.25 bits per heavy atom. The Morgan fingerprint density at radius 3 is 2.79 bits per heavy atom. The fourth-order valence-electron chi connectivity index (χ4n) is 2.74. The Labute approximate surface area is 165 Å². The molecule has 8 heteroatoms. The number of nitrogens with zero attached hydrogens (tertiary/aromatic N) is 1. The molecule has 2 amide bonds. The Hall–Kier alpha value is -3.39. The molecule has 0 saturated heterocycles. The molecule has 2 N–H and O–H groups in total. The molecule has 1 aliphatic rings. The number of carbonyl (C=O) groups is 2. The van der Waals surface area contributed by atoms with Crippen molar-refractivity contribution < 1.29 is 19.1 Å². The normalized spacial score (nSPS) is 15.2. The third kappa shape index (κ3) is 3.54. The van der Waals surface area contributed by atoms with E-state index in [0.29, 0.717) is 33.6 Å². The standard InChI is InChI=1S/C20H17N3O4S/c1-11-18(24)21-15-9-13(5-8-17(15)27-11)16-10-28-20(22-16)23-19(25)12-3-6-14(26-2)7-4-12/h3-11H,1-2H3,(H,21,24)(H,22,23,25)/t11-/m0/s1. The first-order valence-corrected chi connectivity index (χ1v) is 9.44. The first-order valence-electron chi connectivity index (χ1n) is 8.56. The van der Waals surface area contributed by atoms with Crippen molar-refractivity contribution >= 4 is 34.0 Å². The van der Waals surface area contributed by atoms with Crippen LogP contribution in [0.2, 0.25) is 0 Å². The summed E-state index contributed by atoms with van der Waals surface area (Å²) in [4.78, 5) is 28.6. The van der Waals surface area contributed by atoms with Gasteiger partial charge in [0.1, 0.15) is 11.5 Å². The van der Waals surface area contributed by atoms with Crippen LogP contribution in [-0.2, 0) is 4.79 Å². The molecule has 2 aromatic carbocycles. The summed E-state index contributed by atoms with van der Waals surface area (Å²) < 4.78 is 10.7. The summed E-state index contributed by atoms with van der Waals surface area (Å²) in [6.07, 6.45) is -0.516. The molecule has 0 bridgehead atoms. The molecule has 2 heterocycles. The molecule has 142 valence electrons. The number of anilines is 2. The minimum absolute atomic E-state index is 0.185. The van der Waals surface area contributed by atoms with Gasteiger partial charge in [0.15, 0.2) is 11.2 Å². The summed E-state index contributed by atoms with van der Waals surface area (Å²) in [5.74, 6) is 0.879. The first-order chi connectivity index (χ1) is 13.5. The molecule has 0 fully saturated rings. The van der Waals surface area contributed by atoms with Gasteiger partial charge in [-0.1, -0.05) is 0 Å². The van der Waals surface area contributed by atoms with E-state index in [1.165, 1.54) is 11.3 Å². The maximum atomic E-state index is 12.4. The number of methoxy groups -OCH3 is 1. The number of thiazole rings is 1. The molecule has 7 nitrogen and oxygen atoms in total. The minimum atomic E-state index is -0.516. The monoisotopic (exact) mass is 395 g/mol. The van der Waals surface area contributed by atoms with Crippen LogP contribution in [0.3, 0.4) is 0 Å². The van der Waals surface area contributed by atoms with Gasteiger partial charge in [-0.2, -0.15) is 0 Å². The van der Waals surface area contributed by atoms with Gasteiger partial charge >= 0.3 is 0 Å². The molecule has 0 saturated carbocycles. The number of rotatable bonds is 4. The molecule has 1 aromatic heterocycles. The van der Waals surface area contributed by atoms with Crippen LogP contribution in [0.15, 0.2) is 47.8 Å². The molecule has 0 radical (unpaired) electrons. The van der Waals surface area contributed by atoms with E-state index < -0.39 is 6.10 Å². The minimum Gasteiger partial charge on any atom is -0.497 e. The van der Waals surface area contributed by atoms with Gasteiger partial charge in [0, 0.05) is 16.5 Å². The number of aromatic nitrogens is 1. The molecular formula is C20H17N3O4S. The summed E-state index contributed by atoms with van der Waals surface area (Å²) in [7, 11) is 1.57. The maximum absolute atomic E-state index is 12.4. The summed E-state index contributed by atoms with van der Waals surface area (Å²) in [5.41, 5.74) is 2.64. The average Bonchev–Trinajstić information content (AvgIpc) is 3.17. The number of nitrogens with one attached hydrogen (secondary N) is 2. The average molecular weight is 395 g/mol. The molecule has 1 aliphatic heterocycles. The highest BCUT2D eigenvalue weighted by atomic mass is 32.1. The Kier molecular flexibility index (Phi) is 4.70. The number of fused-ring (bicyclic) bond motifs is 1. The van der Waals surface area contributed by atoms with Crippen molar-refractivity contribution in [3.05, 3.63) is 53.4 Å². The second-order valence-corrected chi connectivity index (χ2v) is 7.04. The van der Waals surface area contributed by atoms with Crippen molar-refractivity contribution in [3.8, 4) is 22.8 Å². The quantitative estimate of drug-likeness (QED) is 0.702. The zero-order chi connectivity index (χ0) is 19.7. The van der Waals surface area contributed by atoms with Crippen LogP contribution >= 0.6 is 11.3 Å². The molecule has 3 aromatic rings. The van der Waals surface area contributed by atoms with Crippen molar-refractivity contribution in [3.63, 3.8) is 0 Å². The van der Waals surface area contributed by atoms with Gasteiger partial charge in [0.05, 0.1) is 18.5 Å². The Balaban J connectivity index is 1.50. The predicted octanol–water partition coefficient (Wildman–Crippen LogP) is 3.79. The lowest BCUT2D eigenvalue weighted by Gasteiger charge is -2.23. The second-order valence-electron chi connectivity index (χ2n) is 6.18. The van der Waals surface area contributed by atoms with Crippen molar-refractivity contribution in [2.24, 2.45) is 0 Å². The summed E-state index contributed by atoms with van der Waals surface area (Å²) >= 11 is 1.33. The van der Waals surface area contributed by atoms with Gasteiger partial charge in [-0.3, -0.25) is 14.9 Å². The van der Waals surface area contributed by atoms with Gasteiger partial charge < -0.3 is 14.8 Å². The van der Waals surface area contributed by atoms with Crippen LogP contribution in [-0.4, -0.2) is 30.0 Å². The number of hydrogen-bond donors (Lipinski definition) is 2. The molecule has 0 aliphatic carbocycles. The molecule has 0 spiro atoms. The second kappa shape index (κ2) is 7.32. The molecule has 4 rings (SSSR count). The van der Waals surface area contributed by atoms with Crippen LogP contribution in [0, 0.1) is 0 Å². The maximum Gasteiger partial charge on any atom is 0.265 e. The van der Waals surface area contributed by atoms with Crippen molar-refractivity contribution in [1.82, 2.24) is 4.98 Å². The Morgan fingerprint density at radius 2 is 2.04 bits per heavy atom. The van der Waals surface area contributed by atoms with E-state index in [1.807, 2.05) is 17.5 Å². The van der Waals surface area contributed by atoms with Gasteiger partial charge in [0.2, 0.25) is 0 Å². The SMILES string of the molecule is COc1ccc(C(=O)Nc2nc(-c3ccc4c(c3)NC(=O)[C@H](C)O4)cs2)cc1. The van der Waals surface area contributed by atoms with E-state index in [0.717, 1.165) is 5.56 Å². The van der Waals surface area contributed by atoms with Crippen molar-refractivity contribution in [2.75, 3.05) is 17.7 Å². The first kappa shape index (κ1) is 18.0. The van der Waals surface area contributed by atoms with E-state index in [4.69, 9.17) is 9.47 Å². The zero-order valence-corrected chi connectivity index (χ0v) is 16.0. The Bertz CT molecular complexity index is 1050. The van der Waals surface area contributed by atoms with Gasteiger partial charge in [-0.05, 0) is 49.4 Å². The number of benzene rings is 2. The summed E-state index contributed by atoms with van der Waals surface area (Å²) in [6.45, 7) is 1.70. The van der Waals surface area contributed by atoms with Crippen molar-refractivity contribution in [1.29, 1.82) is 0 Å². The van der Waals surface area contributed by atoms with E-state index in [2.05, 4.69) is 15.6 Å². The molecule has 0 unspecified atom stereocenters. The lowest BCUT2D eigenvalue weighted by molar-refractivity contribution is -0.122. The van der Waals surface area contributed by atoms with Crippen LogP contribution in [0.25, 0.3) is 11.3 Å². The van der Waals surface area contributed by atoms with Crippen LogP contribution in [0.1, 0.15) is 17.3 Å². The van der Waals surface area contributed by atoms with Crippen LogP contribution < -0.4 is 20.1 Å². The van der Waals surface area contributed by atoms with Crippen LogP contribution in [0.5, 0.6) is 11.5 Å². The lowest BCUT2D eigenvalue weighted by Crippen LogP contribution is -2.34. The fourth-order valence-corrected chi connectivity index (χ4v) is 3.46. The highest BCUT2D eigenvalue weighted by Gasteiger charge is 2.24. The number of ether oxygens (including phenoxy) is 2. The number of carbonyl (C=O) groups excluding carboxylic acids is 2. The highest BCUT2D eigenvalue weighted by molar-refractivity contribution is 7.14. The largest absolute Gasteiger partial charge is 0.497 e. The molecule has 28 heavy (non-hydrogen) atoms. The number of amides is 2. The van der Waals surface area contributed by atoms with Gasteiger partial charge in [0.25, 0.3) is 11.8 Å². The van der Waals surface area contributed by atoms with Gasteiger partial charge in [-0.25, -0.2) is 4.98 Å². The third-order valence-corrected chi connectivity index (χ3v) is 5.04. The zero-order valence-electron chi connectivity index (χ0n) is 15.2. The summed E-state index contributed by atoms with van der Waals surface area (Å²) in [6, 6.07) is 12.3. The van der Waals surface area contributed by atoms with E-state index >= 15 is 0 Å². The topological polar surface area (TPSA) is 89.5 Å². The van der Waals surface area contributed by atoms with Crippen LogP contribution in [0.4, 0.5) is 10.8 Å². The van der Waals surface area contributed by atoms with E-state index in [9.17, 15) is 9.59 Å². The molecule has 1 atom stereocenters. The number of hydrogen-bond acceptors (Lipinski definition) is 6. The smallest absolute Gasteiger partial charge is 0.265 e. The molecular weight excluding hydrogens is 378 g/mol. The fraction of sp³-hybridized carbons (Fsp3) is 0.150. The summed E-state index contributed by atoms with van der Waals surface area (Å²) in [5, 5.41) is 7.95. The van der Waals surface area contributed by atoms with E-state index in [1.54, 1.807) is 44.4 Å². The van der Waals surface area contributed by atoms with Gasteiger partial charge in [-0.15, -0.1) is 11.3 Å².